The van der Waals surface area contributed by atoms with E-state index in [1.54, 1.807) is 12.1 Å². The maximum atomic E-state index is 12.7. The molecule has 32 heavy (non-hydrogen) atoms. The number of esters is 1. The van der Waals surface area contributed by atoms with Crippen LogP contribution in [0.25, 0.3) is 0 Å². The highest BCUT2D eigenvalue weighted by Crippen LogP contribution is 2.37. The van der Waals surface area contributed by atoms with E-state index in [0.717, 1.165) is 62.0 Å². The molecule has 0 fully saturated rings. The van der Waals surface area contributed by atoms with Crippen LogP contribution >= 0.6 is 11.3 Å². The van der Waals surface area contributed by atoms with Gasteiger partial charge in [0.25, 0.3) is 5.91 Å². The smallest absolute Gasteiger partial charge is 0.338 e. The van der Waals surface area contributed by atoms with Crippen LogP contribution in [0.3, 0.4) is 0 Å². The van der Waals surface area contributed by atoms with Crippen molar-refractivity contribution in [3.63, 3.8) is 0 Å². The molecule has 1 N–H and O–H groups in total. The third-order valence-electron chi connectivity index (χ3n) is 5.80. The standard InChI is InChI=1S/C24H26N4O3S/c1-15-12-13-28(27-15)18-10-8-17(9-11-18)24(30)31-16(2)22(29)26-23-20(14-25)19-6-4-3-5-7-21(19)32-23/h8-11,16H,3-7,12-13H2,1-2H3,(H,26,29). The molecular formula is C24H26N4O3S. The van der Waals surface area contributed by atoms with E-state index in [1.807, 2.05) is 24.1 Å². The summed E-state index contributed by atoms with van der Waals surface area (Å²) in [5.41, 5.74) is 3.97. The molecule has 2 aliphatic rings. The van der Waals surface area contributed by atoms with Gasteiger partial charge in [-0.15, -0.1) is 11.3 Å². The van der Waals surface area contributed by atoms with Crippen molar-refractivity contribution in [1.29, 1.82) is 5.26 Å². The number of hydrogen-bond donors (Lipinski definition) is 1. The van der Waals surface area contributed by atoms with Crippen LogP contribution in [0.2, 0.25) is 0 Å². The van der Waals surface area contributed by atoms with Crippen molar-refractivity contribution < 1.29 is 14.3 Å². The summed E-state index contributed by atoms with van der Waals surface area (Å²) in [5, 5.41) is 19.3. The third-order valence-corrected chi connectivity index (χ3v) is 7.01. The number of aryl methyl sites for hydroxylation is 1. The topological polar surface area (TPSA) is 94.8 Å². The number of fused-ring (bicyclic) bond motifs is 1. The van der Waals surface area contributed by atoms with Crippen LogP contribution in [0.5, 0.6) is 0 Å². The summed E-state index contributed by atoms with van der Waals surface area (Å²) in [5.74, 6) is -1.01. The Morgan fingerprint density at radius 1 is 1.19 bits per heavy atom. The van der Waals surface area contributed by atoms with Gasteiger partial charge in [0.05, 0.1) is 16.8 Å². The predicted octanol–water partition coefficient (Wildman–Crippen LogP) is 4.66. The maximum Gasteiger partial charge on any atom is 0.338 e. The van der Waals surface area contributed by atoms with Crippen LogP contribution in [-0.4, -0.2) is 30.2 Å². The van der Waals surface area contributed by atoms with Crippen LogP contribution in [0.15, 0.2) is 29.4 Å². The highest BCUT2D eigenvalue weighted by molar-refractivity contribution is 7.16. The Hall–Kier alpha value is -3.18. The molecule has 1 aromatic heterocycles. The van der Waals surface area contributed by atoms with Gasteiger partial charge >= 0.3 is 5.97 Å². The molecule has 1 amide bonds. The number of thiophene rings is 1. The normalized spacial score (nSPS) is 16.4. The lowest BCUT2D eigenvalue weighted by Gasteiger charge is -2.15. The first-order valence-corrected chi connectivity index (χ1v) is 11.8. The van der Waals surface area contributed by atoms with E-state index in [-0.39, 0.29) is 0 Å². The van der Waals surface area contributed by atoms with Crippen molar-refractivity contribution in [3.8, 4) is 6.07 Å². The fourth-order valence-corrected chi connectivity index (χ4v) is 5.22. The zero-order chi connectivity index (χ0) is 22.7. The minimum atomic E-state index is -0.985. The predicted molar refractivity (Wildman–Crippen MR) is 125 cm³/mol. The molecule has 1 aliphatic heterocycles. The molecule has 0 bridgehead atoms. The maximum absolute atomic E-state index is 12.7. The van der Waals surface area contributed by atoms with Gasteiger partial charge in [-0.3, -0.25) is 9.80 Å². The van der Waals surface area contributed by atoms with E-state index < -0.39 is 18.0 Å². The summed E-state index contributed by atoms with van der Waals surface area (Å²) in [4.78, 5) is 26.4. The molecule has 2 aromatic rings. The Bertz CT molecular complexity index is 1100. The van der Waals surface area contributed by atoms with Crippen molar-refractivity contribution in [2.75, 3.05) is 16.9 Å². The van der Waals surface area contributed by atoms with Gasteiger partial charge in [0.2, 0.25) is 0 Å². The highest BCUT2D eigenvalue weighted by Gasteiger charge is 2.24. The summed E-state index contributed by atoms with van der Waals surface area (Å²) in [7, 11) is 0. The number of carbonyl (C=O) groups excluding carboxylic acids is 2. The number of nitrogens with one attached hydrogen (secondary N) is 1. The third kappa shape index (κ3) is 4.68. The Labute approximate surface area is 191 Å². The Balaban J connectivity index is 1.39. The van der Waals surface area contributed by atoms with Crippen molar-refractivity contribution in [2.45, 2.75) is 58.5 Å². The first kappa shape index (κ1) is 22.0. The van der Waals surface area contributed by atoms with Gasteiger partial charge in [0, 0.05) is 23.6 Å². The van der Waals surface area contributed by atoms with E-state index in [1.165, 1.54) is 23.1 Å². The SMILES string of the molecule is CC1=NN(c2ccc(C(=O)OC(C)C(=O)Nc3sc4c(c3C#N)CCCCC4)cc2)CC1. The van der Waals surface area contributed by atoms with Gasteiger partial charge in [-0.05, 0) is 69.4 Å². The van der Waals surface area contributed by atoms with Gasteiger partial charge in [-0.25, -0.2) is 4.79 Å². The second-order valence-corrected chi connectivity index (χ2v) is 9.28. The summed E-state index contributed by atoms with van der Waals surface area (Å²) >= 11 is 1.46. The Morgan fingerprint density at radius 3 is 2.62 bits per heavy atom. The van der Waals surface area contributed by atoms with Crippen LogP contribution < -0.4 is 10.3 Å². The zero-order valence-electron chi connectivity index (χ0n) is 18.3. The lowest BCUT2D eigenvalue weighted by molar-refractivity contribution is -0.123. The van der Waals surface area contributed by atoms with Gasteiger partial charge in [0.1, 0.15) is 11.1 Å². The van der Waals surface area contributed by atoms with Crippen LogP contribution in [0, 0.1) is 11.3 Å². The Morgan fingerprint density at radius 2 is 1.94 bits per heavy atom. The number of hydrazone groups is 1. The van der Waals surface area contributed by atoms with E-state index in [0.29, 0.717) is 16.1 Å². The van der Waals surface area contributed by atoms with Gasteiger partial charge in [-0.1, -0.05) is 6.42 Å². The highest BCUT2D eigenvalue weighted by atomic mass is 32.1. The molecule has 1 aliphatic carbocycles. The van der Waals surface area contributed by atoms with Crippen molar-refractivity contribution >= 4 is 39.6 Å². The number of carbonyl (C=O) groups is 2. The summed E-state index contributed by atoms with van der Waals surface area (Å²) in [6, 6.07) is 9.24. The first-order valence-electron chi connectivity index (χ1n) is 10.9. The number of anilines is 2. The van der Waals surface area contributed by atoms with Gasteiger partial charge < -0.3 is 10.1 Å². The average Bonchev–Trinajstić information content (AvgIpc) is 3.28. The minimum Gasteiger partial charge on any atom is -0.449 e. The Kier molecular flexibility index (Phi) is 6.56. The molecule has 1 atom stereocenters. The summed E-state index contributed by atoms with van der Waals surface area (Å²) in [6.07, 6.45) is 5.07. The number of ether oxygens (including phenoxy) is 1. The molecular weight excluding hydrogens is 424 g/mol. The van der Waals surface area contributed by atoms with Crippen LogP contribution in [0.1, 0.15) is 65.9 Å². The largest absolute Gasteiger partial charge is 0.449 e. The van der Waals surface area contributed by atoms with Crippen LogP contribution in [-0.2, 0) is 22.4 Å². The molecule has 4 rings (SSSR count). The second-order valence-electron chi connectivity index (χ2n) is 8.17. The molecule has 0 saturated carbocycles. The molecule has 0 spiro atoms. The fraction of sp³-hybridized carbons (Fsp3) is 0.417. The molecule has 0 saturated heterocycles. The molecule has 8 heteroatoms. The molecule has 2 heterocycles. The number of hydrogen-bond acceptors (Lipinski definition) is 7. The van der Waals surface area contributed by atoms with Crippen LogP contribution in [0.4, 0.5) is 10.7 Å². The second kappa shape index (κ2) is 9.53. The average molecular weight is 451 g/mol. The number of nitrogens with zero attached hydrogens (tertiary/aromatic N) is 3. The van der Waals surface area contributed by atoms with E-state index >= 15 is 0 Å². The first-order chi connectivity index (χ1) is 15.5. The van der Waals surface area contributed by atoms with E-state index in [9.17, 15) is 14.9 Å². The number of rotatable bonds is 5. The zero-order valence-corrected chi connectivity index (χ0v) is 19.1. The van der Waals surface area contributed by atoms with Gasteiger partial charge in [0.15, 0.2) is 6.10 Å². The van der Waals surface area contributed by atoms with Crippen molar-refractivity contribution in [1.82, 2.24) is 0 Å². The number of benzene rings is 1. The number of amides is 1. The minimum absolute atomic E-state index is 0.369. The molecule has 1 unspecified atom stereocenters. The van der Waals surface area contributed by atoms with Gasteiger partial charge in [-0.2, -0.15) is 10.4 Å². The lowest BCUT2D eigenvalue weighted by atomic mass is 10.1. The molecule has 7 nitrogen and oxygen atoms in total. The quantitative estimate of drug-likeness (QED) is 0.528. The summed E-state index contributed by atoms with van der Waals surface area (Å²) in [6.45, 7) is 4.35. The molecule has 166 valence electrons. The fourth-order valence-electron chi connectivity index (χ4n) is 3.97. The monoisotopic (exact) mass is 450 g/mol. The molecule has 1 aromatic carbocycles. The number of nitriles is 1. The lowest BCUT2D eigenvalue weighted by Crippen LogP contribution is -2.30. The van der Waals surface area contributed by atoms with Crippen molar-refractivity contribution in [2.24, 2.45) is 5.10 Å². The van der Waals surface area contributed by atoms with E-state index in [2.05, 4.69) is 16.5 Å². The summed E-state index contributed by atoms with van der Waals surface area (Å²) < 4.78 is 5.38. The van der Waals surface area contributed by atoms with E-state index in [4.69, 9.17) is 4.74 Å². The molecule has 0 radical (unpaired) electrons. The van der Waals surface area contributed by atoms with Crippen molar-refractivity contribution in [3.05, 3.63) is 45.8 Å².